The molecule has 0 bridgehead atoms. The Morgan fingerprint density at radius 1 is 1.09 bits per heavy atom. The lowest BCUT2D eigenvalue weighted by Crippen LogP contribution is -2.30. The highest BCUT2D eigenvalue weighted by atomic mass is 16.5. The predicted octanol–water partition coefficient (Wildman–Crippen LogP) is 4.23. The highest BCUT2D eigenvalue weighted by Crippen LogP contribution is 2.40. The molecule has 1 aliphatic rings. The van der Waals surface area contributed by atoms with Crippen LogP contribution in [-0.4, -0.2) is 40.3 Å². The number of benzene rings is 2. The van der Waals surface area contributed by atoms with Gasteiger partial charge in [0.15, 0.2) is 0 Å². The number of ether oxygens (including phenoxy) is 2. The number of rotatable bonds is 7. The van der Waals surface area contributed by atoms with Crippen molar-refractivity contribution in [2.75, 3.05) is 6.54 Å². The number of aliphatic hydroxyl groups excluding tert-OH is 1. The molecule has 0 saturated carbocycles. The van der Waals surface area contributed by atoms with E-state index < -0.39 is 23.7 Å². The van der Waals surface area contributed by atoms with Crippen LogP contribution in [0, 0.1) is 0 Å². The molecule has 1 saturated heterocycles. The van der Waals surface area contributed by atoms with Gasteiger partial charge in [-0.2, -0.15) is 0 Å². The third-order valence-electron chi connectivity index (χ3n) is 4.94. The maximum Gasteiger partial charge on any atom is 0.308 e. The molecule has 0 aliphatic carbocycles. The molecule has 1 unspecified atom stereocenters. The third-order valence-corrected chi connectivity index (χ3v) is 4.94. The van der Waals surface area contributed by atoms with E-state index in [0.717, 1.165) is 0 Å². The number of esters is 1. The minimum atomic E-state index is -0.794. The quantitative estimate of drug-likeness (QED) is 0.229. The number of likely N-dealkylation sites (tertiary alicyclic amines) is 1. The Morgan fingerprint density at radius 2 is 1.78 bits per heavy atom. The van der Waals surface area contributed by atoms with E-state index in [-0.39, 0.29) is 17.4 Å². The van der Waals surface area contributed by atoms with Crippen LogP contribution in [0.25, 0.3) is 5.76 Å². The number of aliphatic hydroxyl groups is 1. The van der Waals surface area contributed by atoms with Crippen molar-refractivity contribution in [2.45, 2.75) is 46.3 Å². The first-order valence-corrected chi connectivity index (χ1v) is 10.6. The number of Topliss-reactive ketones (excluding diaryl/α,β-unsaturated/α-hetero) is 1. The van der Waals surface area contributed by atoms with E-state index in [1.807, 2.05) is 20.8 Å². The summed E-state index contributed by atoms with van der Waals surface area (Å²) in [7, 11) is 0. The summed E-state index contributed by atoms with van der Waals surface area (Å²) >= 11 is 0. The maximum absolute atomic E-state index is 12.9. The van der Waals surface area contributed by atoms with E-state index in [0.29, 0.717) is 35.6 Å². The Hall–Kier alpha value is -3.61. The van der Waals surface area contributed by atoms with Gasteiger partial charge in [0, 0.05) is 19.0 Å². The van der Waals surface area contributed by atoms with Gasteiger partial charge >= 0.3 is 5.97 Å². The molecule has 3 rings (SSSR count). The van der Waals surface area contributed by atoms with E-state index in [9.17, 15) is 19.5 Å². The monoisotopic (exact) mass is 437 g/mol. The van der Waals surface area contributed by atoms with Crippen LogP contribution < -0.4 is 9.47 Å². The van der Waals surface area contributed by atoms with Gasteiger partial charge in [-0.15, -0.1) is 0 Å². The first-order chi connectivity index (χ1) is 15.2. The minimum Gasteiger partial charge on any atom is -0.507 e. The summed E-state index contributed by atoms with van der Waals surface area (Å²) in [6.07, 6.45) is 0.632. The summed E-state index contributed by atoms with van der Waals surface area (Å²) < 4.78 is 10.8. The molecule has 1 aliphatic heterocycles. The molecule has 1 fully saturated rings. The van der Waals surface area contributed by atoms with Crippen molar-refractivity contribution in [2.24, 2.45) is 0 Å². The molecule has 7 heteroatoms. The lowest BCUT2D eigenvalue weighted by molar-refractivity contribution is -0.139. The number of carbonyl (C=O) groups excluding carboxylic acids is 3. The van der Waals surface area contributed by atoms with Crippen molar-refractivity contribution in [1.82, 2.24) is 4.90 Å². The summed E-state index contributed by atoms with van der Waals surface area (Å²) in [6.45, 7) is 7.35. The Bertz CT molecular complexity index is 1050. The fraction of sp³-hybridized carbons (Fsp3) is 0.320. The van der Waals surface area contributed by atoms with Gasteiger partial charge in [0.05, 0.1) is 17.7 Å². The van der Waals surface area contributed by atoms with Gasteiger partial charge in [-0.25, -0.2) is 0 Å². The van der Waals surface area contributed by atoms with Crippen LogP contribution in [0.1, 0.15) is 51.3 Å². The lowest BCUT2D eigenvalue weighted by Gasteiger charge is -2.25. The molecule has 2 aromatic rings. The van der Waals surface area contributed by atoms with Crippen LogP contribution in [0.2, 0.25) is 0 Å². The van der Waals surface area contributed by atoms with Crippen molar-refractivity contribution < 1.29 is 29.0 Å². The van der Waals surface area contributed by atoms with Crippen LogP contribution in [-0.2, 0) is 14.4 Å². The molecule has 1 atom stereocenters. The number of nitrogens with zero attached hydrogens (tertiary/aromatic N) is 1. The Balaban J connectivity index is 2.10. The average Bonchev–Trinajstić information content (AvgIpc) is 2.98. The second-order valence-corrected chi connectivity index (χ2v) is 7.85. The van der Waals surface area contributed by atoms with Crippen molar-refractivity contribution in [1.29, 1.82) is 0 Å². The summed E-state index contributed by atoms with van der Waals surface area (Å²) in [5.74, 6) is -1.23. The normalized spacial score (nSPS) is 17.7. The molecular weight excluding hydrogens is 410 g/mol. The second kappa shape index (κ2) is 9.68. The van der Waals surface area contributed by atoms with Crippen LogP contribution in [0.15, 0.2) is 54.1 Å². The van der Waals surface area contributed by atoms with E-state index >= 15 is 0 Å². The van der Waals surface area contributed by atoms with E-state index in [1.165, 1.54) is 11.8 Å². The van der Waals surface area contributed by atoms with Crippen molar-refractivity contribution >= 4 is 23.4 Å². The van der Waals surface area contributed by atoms with E-state index in [2.05, 4.69) is 0 Å². The molecule has 1 heterocycles. The van der Waals surface area contributed by atoms with Gasteiger partial charge in [-0.05, 0) is 62.2 Å². The molecule has 2 aromatic carbocycles. The summed E-state index contributed by atoms with van der Waals surface area (Å²) in [6, 6.07) is 12.5. The zero-order valence-electron chi connectivity index (χ0n) is 18.6. The number of amides is 1. The van der Waals surface area contributed by atoms with E-state index in [4.69, 9.17) is 9.47 Å². The van der Waals surface area contributed by atoms with Crippen LogP contribution >= 0.6 is 0 Å². The van der Waals surface area contributed by atoms with Gasteiger partial charge in [-0.3, -0.25) is 14.4 Å². The average molecular weight is 437 g/mol. The zero-order valence-corrected chi connectivity index (χ0v) is 18.6. The number of hydrogen-bond donors (Lipinski definition) is 1. The fourth-order valence-electron chi connectivity index (χ4n) is 3.73. The topological polar surface area (TPSA) is 93.1 Å². The molecule has 1 amide bonds. The molecule has 7 nitrogen and oxygen atoms in total. The first-order valence-electron chi connectivity index (χ1n) is 10.6. The van der Waals surface area contributed by atoms with Crippen LogP contribution in [0.3, 0.4) is 0 Å². The highest BCUT2D eigenvalue weighted by Gasteiger charge is 2.45. The van der Waals surface area contributed by atoms with Gasteiger partial charge in [0.2, 0.25) is 0 Å². The summed E-state index contributed by atoms with van der Waals surface area (Å²) in [4.78, 5) is 38.5. The fourth-order valence-corrected chi connectivity index (χ4v) is 3.73. The minimum absolute atomic E-state index is 0.000882. The number of ketones is 1. The van der Waals surface area contributed by atoms with Gasteiger partial charge in [0.1, 0.15) is 17.3 Å². The third kappa shape index (κ3) is 4.82. The summed E-state index contributed by atoms with van der Waals surface area (Å²) in [5.41, 5.74) is 0.968. The second-order valence-electron chi connectivity index (χ2n) is 7.85. The van der Waals surface area contributed by atoms with Crippen molar-refractivity contribution in [3.05, 3.63) is 65.2 Å². The van der Waals surface area contributed by atoms with E-state index in [1.54, 1.807) is 48.5 Å². The van der Waals surface area contributed by atoms with Crippen molar-refractivity contribution in [3.63, 3.8) is 0 Å². The van der Waals surface area contributed by atoms with Crippen LogP contribution in [0.5, 0.6) is 11.5 Å². The number of carbonyl (C=O) groups is 3. The van der Waals surface area contributed by atoms with Gasteiger partial charge in [-0.1, -0.05) is 19.1 Å². The standard InChI is InChI=1S/C25H27NO6/c1-5-13-26-22(18-7-6-8-20(14-18)32-16(4)27)21(24(29)25(26)30)23(28)17-9-11-19(12-10-17)31-15(2)3/h6-12,14-15,22,28H,5,13H2,1-4H3/b23-21-. The van der Waals surface area contributed by atoms with Crippen LogP contribution in [0.4, 0.5) is 0 Å². The van der Waals surface area contributed by atoms with Gasteiger partial charge < -0.3 is 19.5 Å². The Kier molecular flexibility index (Phi) is 6.98. The number of hydrogen-bond acceptors (Lipinski definition) is 6. The molecule has 0 radical (unpaired) electrons. The predicted molar refractivity (Wildman–Crippen MR) is 119 cm³/mol. The Morgan fingerprint density at radius 3 is 2.38 bits per heavy atom. The molecule has 168 valence electrons. The summed E-state index contributed by atoms with van der Waals surface area (Å²) in [5, 5.41) is 11.1. The lowest BCUT2D eigenvalue weighted by atomic mass is 9.95. The molecule has 0 aromatic heterocycles. The maximum atomic E-state index is 12.9. The highest BCUT2D eigenvalue weighted by molar-refractivity contribution is 6.46. The van der Waals surface area contributed by atoms with Crippen molar-refractivity contribution in [3.8, 4) is 11.5 Å². The molecule has 1 N–H and O–H groups in total. The SMILES string of the molecule is CCCN1C(=O)C(=O)/C(=C(\O)c2ccc(OC(C)C)cc2)C1c1cccc(OC(C)=O)c1. The Labute approximate surface area is 187 Å². The van der Waals surface area contributed by atoms with Gasteiger partial charge in [0.25, 0.3) is 11.7 Å². The molecular formula is C25H27NO6. The smallest absolute Gasteiger partial charge is 0.308 e. The first kappa shape index (κ1) is 23.1. The molecule has 0 spiro atoms. The molecule has 32 heavy (non-hydrogen) atoms. The zero-order chi connectivity index (χ0) is 23.4. The largest absolute Gasteiger partial charge is 0.507 e.